The number of aliphatic hydroxyl groups is 1. The number of aromatic amines is 1. The number of nitrogens with one attached hydrogen (secondary N) is 1. The van der Waals surface area contributed by atoms with Gasteiger partial charge in [-0.15, -0.1) is 0 Å². The summed E-state index contributed by atoms with van der Waals surface area (Å²) in [5, 5.41) is 9.41. The Hall–Kier alpha value is -3.42. The monoisotopic (exact) mass is 547 g/mol. The van der Waals surface area contributed by atoms with Gasteiger partial charge in [-0.3, -0.25) is 14.3 Å². The summed E-state index contributed by atoms with van der Waals surface area (Å²) in [5.41, 5.74) is -1.92. The average Bonchev–Trinajstić information content (AvgIpc) is 3.14. The number of fused-ring (bicyclic) bond motifs is 1. The Labute approximate surface area is 208 Å². The van der Waals surface area contributed by atoms with Gasteiger partial charge in [0.2, 0.25) is 5.88 Å². The van der Waals surface area contributed by atoms with Crippen LogP contribution in [0.3, 0.4) is 0 Å². The van der Waals surface area contributed by atoms with E-state index in [1.54, 1.807) is 6.07 Å². The fraction of sp³-hybridized carbons (Fsp3) is 0.238. The molecular weight excluding hydrogens is 533 g/mol. The lowest BCUT2D eigenvalue weighted by atomic mass is 10.2. The molecule has 190 valence electrons. The molecule has 0 bridgehead atoms. The fourth-order valence-corrected chi connectivity index (χ4v) is 3.72. The lowest BCUT2D eigenvalue weighted by Gasteiger charge is -2.15. The van der Waals surface area contributed by atoms with E-state index in [0.29, 0.717) is 10.1 Å². The number of aryl methyl sites for hydroxylation is 1. The number of rotatable bonds is 6. The highest BCUT2D eigenvalue weighted by Gasteiger charge is 2.39. The van der Waals surface area contributed by atoms with Crippen LogP contribution in [0.1, 0.15) is 5.56 Å². The highest BCUT2D eigenvalue weighted by atomic mass is 35.5. The Morgan fingerprint density at radius 2 is 1.92 bits per heavy atom. The third-order valence-corrected chi connectivity index (χ3v) is 5.75. The largest absolute Gasteiger partial charge is 0.472 e. The number of ether oxygens (including phenoxy) is 1. The minimum absolute atomic E-state index is 0.00223. The molecule has 3 heterocycles. The van der Waals surface area contributed by atoms with Gasteiger partial charge in [0.25, 0.3) is 5.56 Å². The van der Waals surface area contributed by atoms with Crippen molar-refractivity contribution in [3.05, 3.63) is 72.7 Å². The summed E-state index contributed by atoms with van der Waals surface area (Å²) >= 11 is 11.9. The Morgan fingerprint density at radius 3 is 2.56 bits per heavy atom. The van der Waals surface area contributed by atoms with Crippen LogP contribution in [0.15, 0.2) is 40.1 Å². The molecule has 0 aliphatic heterocycles. The molecular formula is C21H15Cl2F4N5O4. The van der Waals surface area contributed by atoms with E-state index < -0.39 is 35.9 Å². The summed E-state index contributed by atoms with van der Waals surface area (Å²) in [5.74, 6) is -0.570. The number of H-pyrrole nitrogens is 1. The fourth-order valence-electron chi connectivity index (χ4n) is 3.39. The van der Waals surface area contributed by atoms with Crippen LogP contribution < -0.4 is 16.0 Å². The summed E-state index contributed by atoms with van der Waals surface area (Å²) in [7, 11) is 1.41. The number of aromatic nitrogens is 5. The lowest BCUT2D eigenvalue weighted by molar-refractivity contribution is -0.207. The van der Waals surface area contributed by atoms with Crippen LogP contribution >= 0.6 is 23.2 Å². The van der Waals surface area contributed by atoms with E-state index >= 15 is 0 Å². The third kappa shape index (κ3) is 4.94. The zero-order valence-electron chi connectivity index (χ0n) is 18.1. The summed E-state index contributed by atoms with van der Waals surface area (Å²) in [6.45, 7) is -1.25. The van der Waals surface area contributed by atoms with E-state index in [1.165, 1.54) is 36.0 Å². The van der Waals surface area contributed by atoms with Crippen molar-refractivity contribution in [1.82, 2.24) is 24.1 Å². The van der Waals surface area contributed by atoms with Gasteiger partial charge in [0.1, 0.15) is 23.3 Å². The highest BCUT2D eigenvalue weighted by molar-refractivity contribution is 6.32. The molecule has 1 atom stereocenters. The summed E-state index contributed by atoms with van der Waals surface area (Å²) in [6.07, 6.45) is -6.58. The molecule has 0 fully saturated rings. The number of benzene rings is 1. The Balaban J connectivity index is 1.69. The Kier molecular flexibility index (Phi) is 6.82. The average molecular weight is 548 g/mol. The molecule has 4 rings (SSSR count). The van der Waals surface area contributed by atoms with Crippen LogP contribution in [-0.2, 0) is 20.2 Å². The minimum Gasteiger partial charge on any atom is -0.472 e. The van der Waals surface area contributed by atoms with Crippen molar-refractivity contribution in [1.29, 1.82) is 0 Å². The minimum atomic E-state index is -5.00. The number of hydrogen-bond acceptors (Lipinski definition) is 6. The molecule has 1 unspecified atom stereocenters. The first-order chi connectivity index (χ1) is 16.9. The number of pyridine rings is 1. The second kappa shape index (κ2) is 9.56. The lowest BCUT2D eigenvalue weighted by Crippen LogP contribution is -2.39. The molecule has 0 amide bonds. The van der Waals surface area contributed by atoms with Crippen molar-refractivity contribution < 1.29 is 27.4 Å². The molecule has 0 saturated carbocycles. The van der Waals surface area contributed by atoms with E-state index in [9.17, 15) is 32.3 Å². The van der Waals surface area contributed by atoms with Crippen LogP contribution in [-0.4, -0.2) is 41.5 Å². The van der Waals surface area contributed by atoms with Crippen molar-refractivity contribution in [2.75, 3.05) is 0 Å². The van der Waals surface area contributed by atoms with E-state index in [1.807, 2.05) is 4.98 Å². The molecule has 0 radical (unpaired) electrons. The molecule has 36 heavy (non-hydrogen) atoms. The van der Waals surface area contributed by atoms with E-state index in [2.05, 4.69) is 9.97 Å². The summed E-state index contributed by atoms with van der Waals surface area (Å²) in [6, 6.07) is 5.50. The second-order valence-electron chi connectivity index (χ2n) is 7.64. The topological polar surface area (TPSA) is 115 Å². The number of halogens is 6. The van der Waals surface area contributed by atoms with Crippen molar-refractivity contribution >= 4 is 34.4 Å². The molecule has 2 N–H and O–H groups in total. The van der Waals surface area contributed by atoms with Crippen LogP contribution in [0.5, 0.6) is 5.88 Å². The number of aliphatic hydroxyl groups excluding tert-OH is 1. The molecule has 15 heteroatoms. The summed E-state index contributed by atoms with van der Waals surface area (Å²) in [4.78, 5) is 34.7. The van der Waals surface area contributed by atoms with Crippen molar-refractivity contribution in [3.8, 4) is 17.3 Å². The maximum absolute atomic E-state index is 13.6. The van der Waals surface area contributed by atoms with Gasteiger partial charge in [-0.2, -0.15) is 13.2 Å². The predicted octanol–water partition coefficient (Wildman–Crippen LogP) is 3.43. The van der Waals surface area contributed by atoms with Gasteiger partial charge in [-0.25, -0.2) is 19.2 Å². The van der Waals surface area contributed by atoms with Gasteiger partial charge in [-0.05, 0) is 23.8 Å². The van der Waals surface area contributed by atoms with Gasteiger partial charge >= 0.3 is 11.9 Å². The van der Waals surface area contributed by atoms with Crippen molar-refractivity contribution in [3.63, 3.8) is 0 Å². The molecule has 3 aromatic heterocycles. The number of hydrogen-bond donors (Lipinski definition) is 2. The van der Waals surface area contributed by atoms with Gasteiger partial charge in [0.05, 0.1) is 11.6 Å². The number of alkyl halides is 3. The normalized spacial score (nSPS) is 12.8. The van der Waals surface area contributed by atoms with Crippen molar-refractivity contribution in [2.24, 2.45) is 7.05 Å². The Bertz CT molecular complexity index is 1580. The van der Waals surface area contributed by atoms with Crippen LogP contribution in [0.25, 0.3) is 22.6 Å². The second-order valence-corrected chi connectivity index (χ2v) is 8.46. The molecule has 0 saturated heterocycles. The van der Waals surface area contributed by atoms with Gasteiger partial charge in [0, 0.05) is 18.8 Å². The molecule has 9 nitrogen and oxygen atoms in total. The van der Waals surface area contributed by atoms with Crippen molar-refractivity contribution in [2.45, 2.75) is 25.4 Å². The standard InChI is InChI=1S/C21H15Cl2F4N5O4/c1-31-15-17(32(20(35)30-18(15)34)7-14(33)21(25,26)27)29-16(31)10-5-12(23)19(28-6-10)36-8-9-2-3-11(22)13(24)4-9/h2-6,14,33H,7-8H2,1H3,(H,30,34,35). The third-order valence-electron chi connectivity index (χ3n) is 5.17. The highest BCUT2D eigenvalue weighted by Crippen LogP contribution is 2.30. The van der Waals surface area contributed by atoms with Crippen LogP contribution in [0.2, 0.25) is 10.0 Å². The van der Waals surface area contributed by atoms with Gasteiger partial charge < -0.3 is 14.4 Å². The molecule has 0 aliphatic carbocycles. The van der Waals surface area contributed by atoms with Crippen LogP contribution in [0.4, 0.5) is 17.6 Å². The van der Waals surface area contributed by atoms with E-state index in [0.717, 1.165) is 0 Å². The number of imidazole rings is 1. The first-order valence-corrected chi connectivity index (χ1v) is 10.8. The quantitative estimate of drug-likeness (QED) is 0.357. The predicted molar refractivity (Wildman–Crippen MR) is 122 cm³/mol. The van der Waals surface area contributed by atoms with Gasteiger partial charge in [-0.1, -0.05) is 29.3 Å². The first-order valence-electron chi connectivity index (χ1n) is 10.0. The molecule has 0 spiro atoms. The van der Waals surface area contributed by atoms with Gasteiger partial charge in [0.15, 0.2) is 17.3 Å². The van der Waals surface area contributed by atoms with E-state index in [-0.39, 0.29) is 45.1 Å². The Morgan fingerprint density at radius 1 is 1.19 bits per heavy atom. The maximum atomic E-state index is 13.6. The number of nitrogens with zero attached hydrogens (tertiary/aromatic N) is 4. The zero-order chi connectivity index (χ0) is 26.4. The molecule has 0 aliphatic rings. The molecule has 1 aromatic carbocycles. The van der Waals surface area contributed by atoms with Crippen LogP contribution in [0, 0.1) is 5.82 Å². The zero-order valence-corrected chi connectivity index (χ0v) is 19.6. The maximum Gasteiger partial charge on any atom is 0.416 e. The smallest absolute Gasteiger partial charge is 0.416 e. The summed E-state index contributed by atoms with van der Waals surface area (Å²) < 4.78 is 59.5. The SMILES string of the molecule is Cn1c(-c2cnc(OCc3ccc(Cl)c(F)c3)c(Cl)c2)nc2c1c(=O)[nH]c(=O)n2CC(O)C(F)(F)F. The first kappa shape index (κ1) is 25.7. The molecule has 4 aromatic rings. The van der Waals surface area contributed by atoms with E-state index in [4.69, 9.17) is 27.9 Å².